The Kier molecular flexibility index (Phi) is 4.19. The van der Waals surface area contributed by atoms with Gasteiger partial charge in [0.15, 0.2) is 0 Å². The topological polar surface area (TPSA) is 52.5 Å². The van der Waals surface area contributed by atoms with Crippen molar-refractivity contribution in [3.63, 3.8) is 0 Å². The monoisotopic (exact) mass is 253 g/mol. The number of phenols is 1. The first-order valence-electron chi connectivity index (χ1n) is 6.50. The zero-order valence-corrected chi connectivity index (χ0v) is 10.6. The number of aliphatic hydroxyl groups excluding tert-OH is 1. The van der Waals surface area contributed by atoms with Gasteiger partial charge >= 0.3 is 0 Å². The van der Waals surface area contributed by atoms with Crippen LogP contribution in [0.2, 0.25) is 0 Å². The third-order valence-electron chi connectivity index (χ3n) is 3.65. The van der Waals surface area contributed by atoms with Crippen LogP contribution in [0.3, 0.4) is 0 Å². The van der Waals surface area contributed by atoms with Crippen molar-refractivity contribution in [3.8, 4) is 5.75 Å². The number of aromatic hydroxyl groups is 1. The van der Waals surface area contributed by atoms with Gasteiger partial charge in [0.1, 0.15) is 11.6 Å². The fourth-order valence-electron chi connectivity index (χ4n) is 2.60. The largest absolute Gasteiger partial charge is 0.508 e. The summed E-state index contributed by atoms with van der Waals surface area (Å²) in [6.07, 6.45) is 3.60. The maximum Gasteiger partial charge on any atom is 0.126 e. The standard InChI is InChI=1S/C14H20FNO2/c1-9(11-7-6-10(15)8-14(11)18)16-12-4-2-3-5-13(12)17/h6-9,12-13,16-18H,2-5H2,1H3. The zero-order chi connectivity index (χ0) is 13.1. The van der Waals surface area contributed by atoms with Gasteiger partial charge in [0.2, 0.25) is 0 Å². The lowest BCUT2D eigenvalue weighted by molar-refractivity contribution is 0.0858. The minimum atomic E-state index is -0.443. The van der Waals surface area contributed by atoms with E-state index in [1.165, 1.54) is 6.07 Å². The molecule has 0 saturated heterocycles. The van der Waals surface area contributed by atoms with Crippen molar-refractivity contribution in [1.82, 2.24) is 5.32 Å². The van der Waals surface area contributed by atoms with Crippen LogP contribution in [0.5, 0.6) is 5.75 Å². The molecule has 0 aromatic heterocycles. The molecule has 1 saturated carbocycles. The van der Waals surface area contributed by atoms with Crippen LogP contribution in [0.15, 0.2) is 18.2 Å². The minimum absolute atomic E-state index is 0.0414. The van der Waals surface area contributed by atoms with Crippen molar-refractivity contribution in [1.29, 1.82) is 0 Å². The van der Waals surface area contributed by atoms with Crippen LogP contribution in [0.4, 0.5) is 4.39 Å². The van der Waals surface area contributed by atoms with E-state index < -0.39 is 5.82 Å². The molecule has 3 nitrogen and oxygen atoms in total. The van der Waals surface area contributed by atoms with E-state index in [4.69, 9.17) is 0 Å². The summed E-state index contributed by atoms with van der Waals surface area (Å²) in [5.41, 5.74) is 0.661. The lowest BCUT2D eigenvalue weighted by Gasteiger charge is -2.31. The number of aliphatic hydroxyl groups is 1. The molecule has 0 spiro atoms. The van der Waals surface area contributed by atoms with Gasteiger partial charge in [-0.2, -0.15) is 0 Å². The maximum absolute atomic E-state index is 12.9. The molecule has 0 aliphatic heterocycles. The Morgan fingerprint density at radius 3 is 2.72 bits per heavy atom. The summed E-state index contributed by atoms with van der Waals surface area (Å²) in [6, 6.07) is 3.98. The number of nitrogens with one attached hydrogen (secondary N) is 1. The number of benzene rings is 1. The second-order valence-corrected chi connectivity index (χ2v) is 5.05. The van der Waals surface area contributed by atoms with Gasteiger partial charge in [-0.15, -0.1) is 0 Å². The fraction of sp³-hybridized carbons (Fsp3) is 0.571. The SMILES string of the molecule is CC(NC1CCCCC1O)c1ccc(F)cc1O. The van der Waals surface area contributed by atoms with E-state index in [9.17, 15) is 14.6 Å². The summed E-state index contributed by atoms with van der Waals surface area (Å²) >= 11 is 0. The van der Waals surface area contributed by atoms with Crippen LogP contribution < -0.4 is 5.32 Å². The predicted octanol–water partition coefficient (Wildman–Crippen LogP) is 2.49. The van der Waals surface area contributed by atoms with Crippen LogP contribution in [-0.2, 0) is 0 Å². The van der Waals surface area contributed by atoms with Crippen molar-refractivity contribution < 1.29 is 14.6 Å². The highest BCUT2D eigenvalue weighted by atomic mass is 19.1. The molecular formula is C14H20FNO2. The first kappa shape index (κ1) is 13.3. The highest BCUT2D eigenvalue weighted by Crippen LogP contribution is 2.27. The van der Waals surface area contributed by atoms with Crippen molar-refractivity contribution >= 4 is 0 Å². The minimum Gasteiger partial charge on any atom is -0.508 e. The maximum atomic E-state index is 12.9. The van der Waals surface area contributed by atoms with Gasteiger partial charge in [-0.05, 0) is 25.8 Å². The van der Waals surface area contributed by atoms with Crippen LogP contribution in [-0.4, -0.2) is 22.4 Å². The molecule has 3 N–H and O–H groups in total. The summed E-state index contributed by atoms with van der Waals surface area (Å²) < 4.78 is 12.9. The summed E-state index contributed by atoms with van der Waals surface area (Å²) in [7, 11) is 0. The highest BCUT2D eigenvalue weighted by molar-refractivity contribution is 5.35. The lowest BCUT2D eigenvalue weighted by Crippen LogP contribution is -2.43. The van der Waals surface area contributed by atoms with E-state index in [0.29, 0.717) is 5.56 Å². The van der Waals surface area contributed by atoms with Crippen molar-refractivity contribution in [2.45, 2.75) is 50.8 Å². The molecule has 0 radical (unpaired) electrons. The number of phenolic OH excluding ortho intramolecular Hbond substituents is 1. The molecule has 3 unspecified atom stereocenters. The van der Waals surface area contributed by atoms with Gasteiger partial charge in [0.25, 0.3) is 0 Å². The van der Waals surface area contributed by atoms with E-state index in [1.54, 1.807) is 6.07 Å². The molecule has 1 aliphatic rings. The van der Waals surface area contributed by atoms with E-state index >= 15 is 0 Å². The summed E-state index contributed by atoms with van der Waals surface area (Å²) in [6.45, 7) is 1.91. The van der Waals surface area contributed by atoms with Crippen LogP contribution >= 0.6 is 0 Å². The first-order valence-corrected chi connectivity index (χ1v) is 6.50. The third-order valence-corrected chi connectivity index (χ3v) is 3.65. The van der Waals surface area contributed by atoms with Gasteiger partial charge in [-0.1, -0.05) is 18.9 Å². The Morgan fingerprint density at radius 1 is 1.33 bits per heavy atom. The molecule has 1 fully saturated rings. The lowest BCUT2D eigenvalue weighted by atomic mass is 9.91. The van der Waals surface area contributed by atoms with Gasteiger partial charge in [0.05, 0.1) is 6.10 Å². The predicted molar refractivity (Wildman–Crippen MR) is 67.9 cm³/mol. The molecule has 1 aromatic carbocycles. The van der Waals surface area contributed by atoms with E-state index in [1.807, 2.05) is 6.92 Å². The summed E-state index contributed by atoms with van der Waals surface area (Å²) in [5.74, 6) is -0.485. The average molecular weight is 253 g/mol. The molecule has 0 amide bonds. The quantitative estimate of drug-likeness (QED) is 0.775. The Morgan fingerprint density at radius 2 is 2.06 bits per heavy atom. The zero-order valence-electron chi connectivity index (χ0n) is 10.6. The smallest absolute Gasteiger partial charge is 0.126 e. The van der Waals surface area contributed by atoms with Crippen LogP contribution in [0.25, 0.3) is 0 Å². The van der Waals surface area contributed by atoms with Crippen molar-refractivity contribution in [3.05, 3.63) is 29.6 Å². The number of halogens is 1. The normalized spacial score (nSPS) is 25.9. The van der Waals surface area contributed by atoms with Gasteiger partial charge in [-0.25, -0.2) is 4.39 Å². The van der Waals surface area contributed by atoms with Crippen LogP contribution in [0, 0.1) is 5.82 Å². The fourth-order valence-corrected chi connectivity index (χ4v) is 2.60. The molecule has 1 aromatic rings. The van der Waals surface area contributed by atoms with Gasteiger partial charge < -0.3 is 15.5 Å². The van der Waals surface area contributed by atoms with Crippen molar-refractivity contribution in [2.75, 3.05) is 0 Å². The Bertz CT molecular complexity index is 411. The molecule has 100 valence electrons. The average Bonchev–Trinajstić information content (AvgIpc) is 2.32. The molecule has 18 heavy (non-hydrogen) atoms. The van der Waals surface area contributed by atoms with E-state index in [2.05, 4.69) is 5.32 Å². The number of hydrogen-bond donors (Lipinski definition) is 3. The molecular weight excluding hydrogens is 233 g/mol. The Balaban J connectivity index is 2.04. The molecule has 1 aliphatic carbocycles. The van der Waals surface area contributed by atoms with Gasteiger partial charge in [0, 0.05) is 23.7 Å². The number of rotatable bonds is 3. The molecule has 2 rings (SSSR count). The molecule has 0 heterocycles. The highest BCUT2D eigenvalue weighted by Gasteiger charge is 2.25. The summed E-state index contributed by atoms with van der Waals surface area (Å²) in [4.78, 5) is 0. The van der Waals surface area contributed by atoms with Gasteiger partial charge in [-0.3, -0.25) is 0 Å². The van der Waals surface area contributed by atoms with Crippen LogP contribution in [0.1, 0.15) is 44.2 Å². The number of hydrogen-bond acceptors (Lipinski definition) is 3. The molecule has 0 bridgehead atoms. The molecule has 3 atom stereocenters. The second kappa shape index (κ2) is 5.67. The van der Waals surface area contributed by atoms with E-state index in [-0.39, 0.29) is 23.9 Å². The Hall–Kier alpha value is -1.13. The second-order valence-electron chi connectivity index (χ2n) is 5.05. The Labute approximate surface area is 107 Å². The molecule has 4 heteroatoms. The van der Waals surface area contributed by atoms with Crippen molar-refractivity contribution in [2.24, 2.45) is 0 Å². The van der Waals surface area contributed by atoms with E-state index in [0.717, 1.165) is 31.7 Å². The summed E-state index contributed by atoms with van der Waals surface area (Å²) in [5, 5.41) is 22.9. The first-order chi connectivity index (χ1) is 8.58. The third kappa shape index (κ3) is 3.00.